The second kappa shape index (κ2) is 7.58. The lowest BCUT2D eigenvalue weighted by molar-refractivity contribution is 0.433. The highest BCUT2D eigenvalue weighted by molar-refractivity contribution is 5.64. The van der Waals surface area contributed by atoms with Crippen LogP contribution in [0.15, 0.2) is 53.3 Å². The molecule has 5 heteroatoms. The average molecular weight is 378 g/mol. The predicted molar refractivity (Wildman–Crippen MR) is 107 cm³/mol. The van der Waals surface area contributed by atoms with Gasteiger partial charge in [-0.05, 0) is 56.2 Å². The van der Waals surface area contributed by atoms with Crippen molar-refractivity contribution < 1.29 is 9.50 Å². The molecular formula is C23H23FN2O2. The lowest BCUT2D eigenvalue weighted by Crippen LogP contribution is -2.29. The minimum absolute atomic E-state index is 0.0889. The van der Waals surface area contributed by atoms with Gasteiger partial charge in [-0.2, -0.15) is 0 Å². The van der Waals surface area contributed by atoms with Crippen molar-refractivity contribution in [2.75, 3.05) is 0 Å². The number of benzene rings is 2. The fourth-order valence-electron chi connectivity index (χ4n) is 3.54. The van der Waals surface area contributed by atoms with Gasteiger partial charge < -0.3 is 5.11 Å². The van der Waals surface area contributed by atoms with Crippen LogP contribution in [0.5, 0.6) is 5.75 Å². The standard InChI is InChI=1S/C23H23FN2O2/c1-15-19(14-17-10-11-17)23(28)26(13-12-16-6-3-2-4-7-16)22(25-15)18-8-5-9-20(24)21(18)27/h2-9,17,27H,10-14H2,1H3. The van der Waals surface area contributed by atoms with Crippen molar-refractivity contribution in [3.8, 4) is 17.1 Å². The molecular weight excluding hydrogens is 355 g/mol. The minimum Gasteiger partial charge on any atom is -0.504 e. The van der Waals surface area contributed by atoms with Gasteiger partial charge in [-0.15, -0.1) is 0 Å². The topological polar surface area (TPSA) is 55.1 Å². The first-order chi connectivity index (χ1) is 13.5. The van der Waals surface area contributed by atoms with E-state index in [0.717, 1.165) is 30.4 Å². The fraction of sp³-hybridized carbons (Fsp3) is 0.304. The van der Waals surface area contributed by atoms with Crippen molar-refractivity contribution in [2.24, 2.45) is 5.92 Å². The van der Waals surface area contributed by atoms with E-state index in [9.17, 15) is 14.3 Å². The Labute approximate surface area is 163 Å². The molecule has 0 saturated heterocycles. The van der Waals surface area contributed by atoms with Gasteiger partial charge in [0.05, 0.1) is 5.56 Å². The number of hydrogen-bond donors (Lipinski definition) is 1. The number of hydrogen-bond acceptors (Lipinski definition) is 3. The molecule has 1 saturated carbocycles. The Morgan fingerprint density at radius 3 is 2.61 bits per heavy atom. The number of halogens is 1. The van der Waals surface area contributed by atoms with Crippen LogP contribution >= 0.6 is 0 Å². The van der Waals surface area contributed by atoms with E-state index >= 15 is 0 Å². The first-order valence-electron chi connectivity index (χ1n) is 9.66. The quantitative estimate of drug-likeness (QED) is 0.697. The number of rotatable bonds is 6. The highest BCUT2D eigenvalue weighted by atomic mass is 19.1. The van der Waals surface area contributed by atoms with Crippen molar-refractivity contribution in [3.63, 3.8) is 0 Å². The lowest BCUT2D eigenvalue weighted by Gasteiger charge is -2.17. The molecule has 0 bridgehead atoms. The summed E-state index contributed by atoms with van der Waals surface area (Å²) in [5.41, 5.74) is 2.65. The molecule has 0 aliphatic heterocycles. The Hall–Kier alpha value is -2.95. The highest BCUT2D eigenvalue weighted by Gasteiger charge is 2.26. The van der Waals surface area contributed by atoms with E-state index in [-0.39, 0.29) is 11.1 Å². The van der Waals surface area contributed by atoms with Crippen LogP contribution in [0, 0.1) is 18.7 Å². The lowest BCUT2D eigenvalue weighted by atomic mass is 10.1. The second-order valence-electron chi connectivity index (χ2n) is 7.48. The molecule has 0 atom stereocenters. The monoisotopic (exact) mass is 378 g/mol. The summed E-state index contributed by atoms with van der Waals surface area (Å²) in [6.07, 6.45) is 3.68. The van der Waals surface area contributed by atoms with E-state index in [0.29, 0.717) is 30.4 Å². The minimum atomic E-state index is -0.721. The van der Waals surface area contributed by atoms with Gasteiger partial charge in [-0.3, -0.25) is 9.36 Å². The molecule has 4 rings (SSSR count). The van der Waals surface area contributed by atoms with Crippen LogP contribution in [-0.2, 0) is 19.4 Å². The van der Waals surface area contributed by atoms with E-state index in [1.807, 2.05) is 37.3 Å². The maximum absolute atomic E-state index is 13.9. The van der Waals surface area contributed by atoms with Gasteiger partial charge in [-0.1, -0.05) is 36.4 Å². The number of phenolic OH excluding ortho intramolecular Hbond substituents is 1. The third-order valence-corrected chi connectivity index (χ3v) is 5.35. The van der Waals surface area contributed by atoms with Crippen molar-refractivity contribution in [2.45, 2.75) is 39.2 Å². The van der Waals surface area contributed by atoms with Crippen LogP contribution < -0.4 is 5.56 Å². The largest absolute Gasteiger partial charge is 0.504 e. The van der Waals surface area contributed by atoms with Crippen molar-refractivity contribution in [3.05, 3.63) is 81.5 Å². The molecule has 4 nitrogen and oxygen atoms in total. The van der Waals surface area contributed by atoms with Crippen molar-refractivity contribution in [1.82, 2.24) is 9.55 Å². The Bertz CT molecular complexity index is 1060. The van der Waals surface area contributed by atoms with Crippen LogP contribution in [0.2, 0.25) is 0 Å². The summed E-state index contributed by atoms with van der Waals surface area (Å²) >= 11 is 0. The van der Waals surface area contributed by atoms with Gasteiger partial charge in [-0.25, -0.2) is 9.37 Å². The van der Waals surface area contributed by atoms with Crippen molar-refractivity contribution >= 4 is 0 Å². The molecule has 28 heavy (non-hydrogen) atoms. The number of nitrogens with zero attached hydrogens (tertiary/aromatic N) is 2. The van der Waals surface area contributed by atoms with Crippen LogP contribution in [0.1, 0.15) is 29.7 Å². The Balaban J connectivity index is 1.81. The van der Waals surface area contributed by atoms with Gasteiger partial charge in [0.2, 0.25) is 0 Å². The Kier molecular flexibility index (Phi) is 4.99. The summed E-state index contributed by atoms with van der Waals surface area (Å²) in [4.78, 5) is 17.9. The summed E-state index contributed by atoms with van der Waals surface area (Å²) in [5, 5.41) is 10.2. The molecule has 3 aromatic rings. The number of aryl methyl sites for hydroxylation is 2. The fourth-order valence-corrected chi connectivity index (χ4v) is 3.54. The van der Waals surface area contributed by atoms with Gasteiger partial charge in [0.25, 0.3) is 5.56 Å². The van der Waals surface area contributed by atoms with Crippen LogP contribution in [0.4, 0.5) is 4.39 Å². The molecule has 1 N–H and O–H groups in total. The molecule has 1 aliphatic rings. The molecule has 2 aromatic carbocycles. The highest BCUT2D eigenvalue weighted by Crippen LogP contribution is 2.34. The summed E-state index contributed by atoms with van der Waals surface area (Å²) < 4.78 is 15.5. The Morgan fingerprint density at radius 2 is 1.89 bits per heavy atom. The molecule has 144 valence electrons. The molecule has 1 aromatic heterocycles. The molecule has 1 heterocycles. The van der Waals surface area contributed by atoms with Crippen LogP contribution in [-0.4, -0.2) is 14.7 Å². The molecule has 0 radical (unpaired) electrons. The summed E-state index contributed by atoms with van der Waals surface area (Å²) in [6.45, 7) is 2.24. The first kappa shape index (κ1) is 18.4. The zero-order chi connectivity index (χ0) is 19.7. The van der Waals surface area contributed by atoms with E-state index in [1.54, 1.807) is 10.6 Å². The third-order valence-electron chi connectivity index (χ3n) is 5.35. The molecule has 1 fully saturated rings. The predicted octanol–water partition coefficient (Wildman–Crippen LogP) is 4.26. The zero-order valence-corrected chi connectivity index (χ0v) is 15.9. The average Bonchev–Trinajstić information content (AvgIpc) is 3.51. The number of para-hydroxylation sites is 1. The smallest absolute Gasteiger partial charge is 0.257 e. The summed E-state index contributed by atoms with van der Waals surface area (Å²) in [5.74, 6) is -0.322. The molecule has 0 spiro atoms. The van der Waals surface area contributed by atoms with Gasteiger partial charge in [0.1, 0.15) is 5.82 Å². The Morgan fingerprint density at radius 1 is 1.14 bits per heavy atom. The first-order valence-corrected chi connectivity index (χ1v) is 9.66. The molecule has 0 amide bonds. The number of phenols is 1. The van der Waals surface area contributed by atoms with E-state index < -0.39 is 11.6 Å². The van der Waals surface area contributed by atoms with E-state index in [1.165, 1.54) is 12.1 Å². The van der Waals surface area contributed by atoms with Gasteiger partial charge in [0.15, 0.2) is 11.6 Å². The summed E-state index contributed by atoms with van der Waals surface area (Å²) in [7, 11) is 0. The van der Waals surface area contributed by atoms with Crippen LogP contribution in [0.25, 0.3) is 11.4 Å². The number of aromatic nitrogens is 2. The second-order valence-corrected chi connectivity index (χ2v) is 7.48. The van der Waals surface area contributed by atoms with Gasteiger partial charge >= 0.3 is 0 Å². The van der Waals surface area contributed by atoms with E-state index in [4.69, 9.17) is 0 Å². The number of aromatic hydroxyl groups is 1. The van der Waals surface area contributed by atoms with Crippen LogP contribution in [0.3, 0.4) is 0 Å². The molecule has 1 aliphatic carbocycles. The van der Waals surface area contributed by atoms with Gasteiger partial charge in [0, 0.05) is 17.8 Å². The normalized spacial score (nSPS) is 13.6. The SMILES string of the molecule is Cc1nc(-c2cccc(F)c2O)n(CCc2ccccc2)c(=O)c1CC1CC1. The maximum Gasteiger partial charge on any atom is 0.257 e. The summed E-state index contributed by atoms with van der Waals surface area (Å²) in [6, 6.07) is 14.2. The third kappa shape index (κ3) is 3.70. The van der Waals surface area contributed by atoms with Crippen molar-refractivity contribution in [1.29, 1.82) is 0 Å². The van der Waals surface area contributed by atoms with E-state index in [2.05, 4.69) is 4.98 Å². The maximum atomic E-state index is 13.9. The zero-order valence-electron chi connectivity index (χ0n) is 15.9. The molecule has 0 unspecified atom stereocenters.